The van der Waals surface area contributed by atoms with Crippen LogP contribution in [-0.2, 0) is 23.7 Å². The summed E-state index contributed by atoms with van der Waals surface area (Å²) in [6.45, 7) is -0.186. The van der Waals surface area contributed by atoms with Crippen LogP contribution in [0.15, 0.2) is 36.5 Å². The highest BCUT2D eigenvalue weighted by atomic mass is 19.4. The maximum atomic E-state index is 13.6. The van der Waals surface area contributed by atoms with Crippen LogP contribution in [0, 0.1) is 5.41 Å². The molecule has 2 aliphatic carbocycles. The number of rotatable bonds is 8. The van der Waals surface area contributed by atoms with E-state index in [4.69, 9.17) is 5.11 Å². The Balaban J connectivity index is 1.55. The first kappa shape index (κ1) is 33.1. The van der Waals surface area contributed by atoms with Gasteiger partial charge in [-0.1, -0.05) is 19.3 Å². The first-order chi connectivity index (χ1) is 20.6. The van der Waals surface area contributed by atoms with Crippen molar-refractivity contribution in [2.24, 2.45) is 5.41 Å². The fourth-order valence-corrected chi connectivity index (χ4v) is 6.13. The van der Waals surface area contributed by atoms with Crippen molar-refractivity contribution in [3.8, 4) is 0 Å². The summed E-state index contributed by atoms with van der Waals surface area (Å²) in [6, 6.07) is 2.68. The number of hydrogen-bond acceptors (Lipinski definition) is 4. The number of urea groups is 1. The molecular formula is C30H34F6N4O4. The monoisotopic (exact) mass is 628 g/mol. The molecule has 2 fully saturated rings. The smallest absolute Gasteiger partial charge is 0.416 e. The van der Waals surface area contributed by atoms with Crippen LogP contribution in [0.3, 0.4) is 0 Å². The molecule has 8 nitrogen and oxygen atoms in total. The van der Waals surface area contributed by atoms with Crippen LogP contribution in [0.4, 0.5) is 36.8 Å². The molecule has 0 saturated heterocycles. The second-order valence-electron chi connectivity index (χ2n) is 11.6. The van der Waals surface area contributed by atoms with Crippen LogP contribution in [0.5, 0.6) is 0 Å². The molecule has 14 heteroatoms. The van der Waals surface area contributed by atoms with Gasteiger partial charge in [0.15, 0.2) is 0 Å². The van der Waals surface area contributed by atoms with Gasteiger partial charge in [-0.3, -0.25) is 14.6 Å². The summed E-state index contributed by atoms with van der Waals surface area (Å²) in [6.07, 6.45) is -0.578. The number of nitrogens with one attached hydrogen (secondary N) is 2. The van der Waals surface area contributed by atoms with Crippen molar-refractivity contribution in [2.75, 3.05) is 11.9 Å². The van der Waals surface area contributed by atoms with Gasteiger partial charge in [0, 0.05) is 24.5 Å². The number of aromatic nitrogens is 1. The number of benzene rings is 1. The molecule has 1 heterocycles. The lowest BCUT2D eigenvalue weighted by Gasteiger charge is -2.45. The number of aliphatic carboxylic acids is 1. The van der Waals surface area contributed by atoms with Gasteiger partial charge in [0.1, 0.15) is 0 Å². The highest BCUT2D eigenvalue weighted by Gasteiger charge is 2.40. The molecule has 2 saturated carbocycles. The minimum Gasteiger partial charge on any atom is -0.481 e. The van der Waals surface area contributed by atoms with E-state index in [1.54, 1.807) is 0 Å². The predicted octanol–water partition coefficient (Wildman–Crippen LogP) is 7.25. The molecule has 4 rings (SSSR count). The van der Waals surface area contributed by atoms with Gasteiger partial charge in [-0.15, -0.1) is 0 Å². The van der Waals surface area contributed by atoms with Gasteiger partial charge in [0.05, 0.1) is 35.3 Å². The quantitative estimate of drug-likeness (QED) is 0.267. The van der Waals surface area contributed by atoms with E-state index in [-0.39, 0.29) is 42.6 Å². The van der Waals surface area contributed by atoms with E-state index >= 15 is 0 Å². The summed E-state index contributed by atoms with van der Waals surface area (Å²) < 4.78 is 80.5. The molecule has 1 aromatic carbocycles. The van der Waals surface area contributed by atoms with Gasteiger partial charge in [0.25, 0.3) is 5.91 Å². The third kappa shape index (κ3) is 8.63. The molecule has 2 aromatic rings. The van der Waals surface area contributed by atoms with Crippen LogP contribution in [0.2, 0.25) is 0 Å². The molecule has 0 aliphatic heterocycles. The van der Waals surface area contributed by atoms with Crippen molar-refractivity contribution in [2.45, 2.75) is 89.1 Å². The fourth-order valence-electron chi connectivity index (χ4n) is 6.13. The number of alkyl halides is 6. The Morgan fingerprint density at radius 3 is 2.05 bits per heavy atom. The maximum Gasteiger partial charge on any atom is 0.416 e. The number of amides is 3. The first-order valence-corrected chi connectivity index (χ1v) is 14.5. The Hall–Kier alpha value is -3.84. The summed E-state index contributed by atoms with van der Waals surface area (Å²) in [5.41, 5.74) is -3.03. The molecule has 0 bridgehead atoms. The lowest BCUT2D eigenvalue weighted by atomic mass is 9.64. The average Bonchev–Trinajstić information content (AvgIpc) is 2.96. The van der Waals surface area contributed by atoms with Crippen molar-refractivity contribution in [1.82, 2.24) is 15.2 Å². The molecule has 0 unspecified atom stereocenters. The Labute approximate surface area is 250 Å². The summed E-state index contributed by atoms with van der Waals surface area (Å²) in [5, 5.41) is 13.4. The van der Waals surface area contributed by atoms with E-state index < -0.39 is 47.1 Å². The topological polar surface area (TPSA) is 112 Å². The van der Waals surface area contributed by atoms with Crippen LogP contribution in [0.1, 0.15) is 91.4 Å². The van der Waals surface area contributed by atoms with Gasteiger partial charge < -0.3 is 20.6 Å². The number of hydrogen-bond donors (Lipinski definition) is 3. The van der Waals surface area contributed by atoms with Gasteiger partial charge in [-0.2, -0.15) is 26.3 Å². The van der Waals surface area contributed by atoms with E-state index in [9.17, 15) is 40.7 Å². The van der Waals surface area contributed by atoms with Crippen molar-refractivity contribution in [3.63, 3.8) is 0 Å². The van der Waals surface area contributed by atoms with E-state index in [1.165, 1.54) is 29.7 Å². The zero-order chi connectivity index (χ0) is 32.1. The Kier molecular flexibility index (Phi) is 10.1. The van der Waals surface area contributed by atoms with Gasteiger partial charge >= 0.3 is 24.4 Å². The third-order valence-corrected chi connectivity index (χ3v) is 8.51. The van der Waals surface area contributed by atoms with Gasteiger partial charge in [-0.25, -0.2) is 4.79 Å². The van der Waals surface area contributed by atoms with Crippen LogP contribution >= 0.6 is 0 Å². The van der Waals surface area contributed by atoms with Crippen LogP contribution < -0.4 is 10.6 Å². The van der Waals surface area contributed by atoms with Gasteiger partial charge in [0.2, 0.25) is 0 Å². The second-order valence-corrected chi connectivity index (χ2v) is 11.6. The zero-order valence-electron chi connectivity index (χ0n) is 23.9. The van der Waals surface area contributed by atoms with Crippen molar-refractivity contribution < 1.29 is 45.8 Å². The van der Waals surface area contributed by atoms with Gasteiger partial charge in [-0.05, 0) is 74.3 Å². The normalized spacial score (nSPS) is 17.2. The molecule has 3 amide bonds. The molecule has 0 radical (unpaired) electrons. The number of carboxylic acids is 1. The molecule has 1 spiro atoms. The molecule has 3 N–H and O–H groups in total. The first-order valence-electron chi connectivity index (χ1n) is 14.5. The molecule has 2 aliphatic rings. The van der Waals surface area contributed by atoms with E-state index in [2.05, 4.69) is 15.6 Å². The standard InChI is InChI=1S/C30H34F6N4O4/c31-29(32,33)20-14-21(30(34,35)36)16-23(15-20)39-27(44)40(24-6-11-28(12-7-24)9-2-1-3-10-28)18-22-5-4-19(17-38-22)26(43)37-13-8-25(41)42/h4-5,14-17,24H,1-3,6-13,18H2,(H,37,43)(H,39,44)(H,41,42). The number of carboxylic acid groups (broad SMARTS) is 1. The summed E-state index contributed by atoms with van der Waals surface area (Å²) in [7, 11) is 0. The molecule has 0 atom stereocenters. The molecular weight excluding hydrogens is 594 g/mol. The van der Waals surface area contributed by atoms with Crippen molar-refractivity contribution in [3.05, 3.63) is 58.9 Å². The minimum atomic E-state index is -5.07. The van der Waals surface area contributed by atoms with Crippen molar-refractivity contribution >= 4 is 23.6 Å². The number of nitrogens with zero attached hydrogens (tertiary/aromatic N) is 2. The summed E-state index contributed by atoms with van der Waals surface area (Å²) in [4.78, 5) is 42.2. The maximum absolute atomic E-state index is 13.6. The Morgan fingerprint density at radius 2 is 1.52 bits per heavy atom. The molecule has 44 heavy (non-hydrogen) atoms. The highest BCUT2D eigenvalue weighted by Crippen LogP contribution is 2.48. The van der Waals surface area contributed by atoms with E-state index in [0.29, 0.717) is 30.7 Å². The van der Waals surface area contributed by atoms with Crippen molar-refractivity contribution in [1.29, 1.82) is 0 Å². The predicted molar refractivity (Wildman–Crippen MR) is 148 cm³/mol. The number of carbonyl (C=O) groups is 3. The third-order valence-electron chi connectivity index (χ3n) is 8.51. The number of halogens is 6. The lowest BCUT2D eigenvalue weighted by molar-refractivity contribution is -0.143. The average molecular weight is 629 g/mol. The zero-order valence-corrected chi connectivity index (χ0v) is 23.9. The van der Waals surface area contributed by atoms with E-state index in [1.807, 2.05) is 0 Å². The molecule has 240 valence electrons. The SMILES string of the molecule is O=C(O)CCNC(=O)c1ccc(CN(C(=O)Nc2cc(C(F)(F)F)cc(C(F)(F)F)c2)C2CCC3(CCCCC3)CC2)nc1. The minimum absolute atomic E-state index is 0.00146. The summed E-state index contributed by atoms with van der Waals surface area (Å²) >= 11 is 0. The number of carbonyl (C=O) groups excluding carboxylic acids is 2. The lowest BCUT2D eigenvalue weighted by Crippen LogP contribution is -2.46. The summed E-state index contributed by atoms with van der Waals surface area (Å²) in [5.74, 6) is -1.62. The number of pyridine rings is 1. The largest absolute Gasteiger partial charge is 0.481 e. The van der Waals surface area contributed by atoms with Crippen LogP contribution in [0.25, 0.3) is 0 Å². The highest BCUT2D eigenvalue weighted by molar-refractivity contribution is 5.94. The number of anilines is 1. The Morgan fingerprint density at radius 1 is 0.909 bits per heavy atom. The van der Waals surface area contributed by atoms with Crippen LogP contribution in [-0.4, -0.2) is 45.5 Å². The van der Waals surface area contributed by atoms with E-state index in [0.717, 1.165) is 38.5 Å². The Bertz CT molecular complexity index is 1300. The molecule has 1 aromatic heterocycles. The second kappa shape index (κ2) is 13.4. The fraction of sp³-hybridized carbons (Fsp3) is 0.533.